The number of aromatic nitrogens is 2. The third-order valence-corrected chi connectivity index (χ3v) is 7.49. The molecule has 1 saturated carbocycles. The molecule has 4 rings (SSSR count). The van der Waals surface area contributed by atoms with Gasteiger partial charge in [-0.1, -0.05) is 12.1 Å². The van der Waals surface area contributed by atoms with Gasteiger partial charge in [0, 0.05) is 30.8 Å². The molecule has 1 aliphatic rings. The van der Waals surface area contributed by atoms with Gasteiger partial charge in [-0.3, -0.25) is 28.3 Å². The van der Waals surface area contributed by atoms with Crippen molar-refractivity contribution in [2.24, 2.45) is 11.8 Å². The lowest BCUT2D eigenvalue weighted by Crippen LogP contribution is -2.43. The lowest BCUT2D eigenvalue weighted by atomic mass is 9.81. The SMILES string of the molecule is CNC(=O)C1CCC(Cn2c(=O)c3sccc3n(CC(=O)Nc3cccc(C(C)=O)c3)c2=O)CC1. The quantitative estimate of drug-likeness (QED) is 0.488. The summed E-state index contributed by atoms with van der Waals surface area (Å²) >= 11 is 1.24. The minimum atomic E-state index is -0.526. The highest BCUT2D eigenvalue weighted by molar-refractivity contribution is 7.17. The second-order valence-electron chi connectivity index (χ2n) is 8.94. The summed E-state index contributed by atoms with van der Waals surface area (Å²) in [4.78, 5) is 62.8. The summed E-state index contributed by atoms with van der Waals surface area (Å²) in [6, 6.07) is 8.26. The van der Waals surface area contributed by atoms with Gasteiger partial charge in [-0.05, 0) is 62.1 Å². The topological polar surface area (TPSA) is 119 Å². The Morgan fingerprint density at radius 2 is 1.80 bits per heavy atom. The second-order valence-corrected chi connectivity index (χ2v) is 9.85. The zero-order valence-electron chi connectivity index (χ0n) is 19.7. The molecule has 35 heavy (non-hydrogen) atoms. The molecule has 1 fully saturated rings. The first kappa shape index (κ1) is 24.6. The molecule has 10 heteroatoms. The van der Waals surface area contributed by atoms with Gasteiger partial charge in [0.1, 0.15) is 11.2 Å². The largest absolute Gasteiger partial charge is 0.359 e. The number of rotatable bonds is 7. The molecule has 0 saturated heterocycles. The molecule has 2 amide bonds. The maximum atomic E-state index is 13.4. The van der Waals surface area contributed by atoms with E-state index in [1.807, 2.05) is 0 Å². The maximum Gasteiger partial charge on any atom is 0.332 e. The summed E-state index contributed by atoms with van der Waals surface area (Å²) in [6.45, 7) is 1.44. The Labute approximate surface area is 205 Å². The van der Waals surface area contributed by atoms with Crippen molar-refractivity contribution in [3.8, 4) is 0 Å². The van der Waals surface area contributed by atoms with Gasteiger partial charge >= 0.3 is 5.69 Å². The van der Waals surface area contributed by atoms with Crippen LogP contribution in [0.5, 0.6) is 0 Å². The van der Waals surface area contributed by atoms with Crippen LogP contribution >= 0.6 is 11.3 Å². The minimum absolute atomic E-state index is 0.0304. The van der Waals surface area contributed by atoms with Crippen LogP contribution in [0, 0.1) is 11.8 Å². The highest BCUT2D eigenvalue weighted by Gasteiger charge is 2.27. The van der Waals surface area contributed by atoms with Gasteiger partial charge in [0.2, 0.25) is 11.8 Å². The number of Topliss-reactive ketones (excluding diaryl/α,β-unsaturated/α-hetero) is 1. The van der Waals surface area contributed by atoms with Crippen LogP contribution in [-0.2, 0) is 22.7 Å². The Balaban J connectivity index is 1.57. The number of fused-ring (bicyclic) bond motifs is 1. The normalized spacial score (nSPS) is 17.8. The fourth-order valence-electron chi connectivity index (χ4n) is 4.68. The summed E-state index contributed by atoms with van der Waals surface area (Å²) in [6.07, 6.45) is 2.94. The van der Waals surface area contributed by atoms with Gasteiger partial charge in [-0.25, -0.2) is 4.79 Å². The van der Waals surface area contributed by atoms with Gasteiger partial charge < -0.3 is 10.6 Å². The Hall–Kier alpha value is -3.53. The molecule has 184 valence electrons. The van der Waals surface area contributed by atoms with Crippen LogP contribution in [0.15, 0.2) is 45.3 Å². The number of thiophene rings is 1. The molecule has 3 aromatic rings. The van der Waals surface area contributed by atoms with Crippen LogP contribution in [0.25, 0.3) is 10.2 Å². The average Bonchev–Trinajstić information content (AvgIpc) is 3.34. The zero-order chi connectivity index (χ0) is 25.1. The Kier molecular flexibility index (Phi) is 7.30. The van der Waals surface area contributed by atoms with Crippen molar-refractivity contribution in [3.05, 3.63) is 62.1 Å². The molecule has 1 aliphatic carbocycles. The summed E-state index contributed by atoms with van der Waals surface area (Å²) in [5.74, 6) is -0.446. The van der Waals surface area contributed by atoms with E-state index < -0.39 is 11.6 Å². The van der Waals surface area contributed by atoms with Crippen molar-refractivity contribution in [2.45, 2.75) is 45.7 Å². The zero-order valence-corrected chi connectivity index (χ0v) is 20.5. The van der Waals surface area contributed by atoms with Crippen molar-refractivity contribution >= 4 is 44.8 Å². The Bertz CT molecular complexity index is 1390. The number of amides is 2. The molecular formula is C25H28N4O5S. The van der Waals surface area contributed by atoms with E-state index in [4.69, 9.17) is 0 Å². The standard InChI is InChI=1S/C25H28N4O5S/c1-15(30)18-4-3-5-19(12-18)27-21(31)14-28-20-10-11-35-22(20)24(33)29(25(28)34)13-16-6-8-17(9-7-16)23(32)26-2/h3-5,10-12,16-17H,6-9,13-14H2,1-2H3,(H,26,32)(H,27,31). The van der Waals surface area contributed by atoms with Crippen LogP contribution in [0.2, 0.25) is 0 Å². The molecule has 0 aliphatic heterocycles. The number of ketones is 1. The lowest BCUT2D eigenvalue weighted by Gasteiger charge is -2.27. The number of benzene rings is 1. The summed E-state index contributed by atoms with van der Waals surface area (Å²) < 4.78 is 2.98. The van der Waals surface area contributed by atoms with Crippen molar-refractivity contribution < 1.29 is 14.4 Å². The number of carbonyl (C=O) groups excluding carboxylic acids is 3. The fourth-order valence-corrected chi connectivity index (χ4v) is 5.52. The molecular weight excluding hydrogens is 468 g/mol. The number of hydrogen-bond donors (Lipinski definition) is 2. The molecule has 0 unspecified atom stereocenters. The first-order valence-corrected chi connectivity index (χ1v) is 12.5. The van der Waals surface area contributed by atoms with E-state index in [9.17, 15) is 24.0 Å². The average molecular weight is 497 g/mol. The summed E-state index contributed by atoms with van der Waals surface area (Å²) in [5.41, 5.74) is 0.483. The first-order chi connectivity index (χ1) is 16.8. The Morgan fingerprint density at radius 3 is 2.49 bits per heavy atom. The predicted octanol–water partition coefficient (Wildman–Crippen LogP) is 2.62. The Morgan fingerprint density at radius 1 is 1.06 bits per heavy atom. The van der Waals surface area contributed by atoms with E-state index in [0.29, 0.717) is 21.5 Å². The monoisotopic (exact) mass is 496 g/mol. The van der Waals surface area contributed by atoms with Crippen LogP contribution in [0.4, 0.5) is 5.69 Å². The van der Waals surface area contributed by atoms with E-state index in [1.54, 1.807) is 42.8 Å². The number of nitrogens with one attached hydrogen (secondary N) is 2. The van der Waals surface area contributed by atoms with Gasteiger partial charge in [0.15, 0.2) is 5.78 Å². The number of anilines is 1. The molecule has 2 aromatic heterocycles. The molecule has 2 N–H and O–H groups in total. The van der Waals surface area contributed by atoms with E-state index in [2.05, 4.69) is 10.6 Å². The second kappa shape index (κ2) is 10.4. The molecule has 0 atom stereocenters. The van der Waals surface area contributed by atoms with E-state index in [0.717, 1.165) is 25.7 Å². The van der Waals surface area contributed by atoms with Gasteiger partial charge in [-0.2, -0.15) is 0 Å². The van der Waals surface area contributed by atoms with Gasteiger partial charge in [0.25, 0.3) is 5.56 Å². The number of carbonyl (C=O) groups is 3. The predicted molar refractivity (Wildman–Crippen MR) is 135 cm³/mol. The van der Waals surface area contributed by atoms with E-state index in [1.165, 1.54) is 27.4 Å². The number of nitrogens with zero attached hydrogens (tertiary/aromatic N) is 2. The third-order valence-electron chi connectivity index (χ3n) is 6.60. The van der Waals surface area contributed by atoms with Crippen molar-refractivity contribution in [1.82, 2.24) is 14.5 Å². The smallest absolute Gasteiger partial charge is 0.332 e. The van der Waals surface area contributed by atoms with Crippen molar-refractivity contribution in [1.29, 1.82) is 0 Å². The van der Waals surface area contributed by atoms with Crippen LogP contribution < -0.4 is 21.9 Å². The minimum Gasteiger partial charge on any atom is -0.359 e. The van der Waals surface area contributed by atoms with Crippen molar-refractivity contribution in [3.63, 3.8) is 0 Å². The molecule has 0 radical (unpaired) electrons. The van der Waals surface area contributed by atoms with Crippen LogP contribution in [0.1, 0.15) is 43.0 Å². The van der Waals surface area contributed by atoms with Gasteiger partial charge in [-0.15, -0.1) is 11.3 Å². The van der Waals surface area contributed by atoms with Crippen LogP contribution in [0.3, 0.4) is 0 Å². The third kappa shape index (κ3) is 5.27. The fraction of sp³-hybridized carbons (Fsp3) is 0.400. The van der Waals surface area contributed by atoms with E-state index in [-0.39, 0.29) is 42.2 Å². The molecule has 0 bridgehead atoms. The highest BCUT2D eigenvalue weighted by atomic mass is 32.1. The number of hydrogen-bond acceptors (Lipinski definition) is 6. The summed E-state index contributed by atoms with van der Waals surface area (Å²) in [5, 5.41) is 7.15. The lowest BCUT2D eigenvalue weighted by molar-refractivity contribution is -0.125. The molecule has 2 heterocycles. The molecule has 0 spiro atoms. The van der Waals surface area contributed by atoms with Gasteiger partial charge in [0.05, 0.1) is 5.52 Å². The molecule has 9 nitrogen and oxygen atoms in total. The maximum absolute atomic E-state index is 13.4. The van der Waals surface area contributed by atoms with Crippen LogP contribution in [-0.4, -0.2) is 33.8 Å². The highest BCUT2D eigenvalue weighted by Crippen LogP contribution is 2.29. The van der Waals surface area contributed by atoms with Crippen molar-refractivity contribution in [2.75, 3.05) is 12.4 Å². The molecule has 1 aromatic carbocycles. The summed E-state index contributed by atoms with van der Waals surface area (Å²) in [7, 11) is 1.63. The first-order valence-electron chi connectivity index (χ1n) is 11.6. The van der Waals surface area contributed by atoms with E-state index >= 15 is 0 Å².